The summed E-state index contributed by atoms with van der Waals surface area (Å²) >= 11 is 0. The minimum atomic E-state index is 0.214. The zero-order valence-corrected chi connectivity index (χ0v) is 11.2. The molecule has 0 bridgehead atoms. The summed E-state index contributed by atoms with van der Waals surface area (Å²) in [7, 11) is 0. The Morgan fingerprint density at radius 1 is 1.33 bits per heavy atom. The van der Waals surface area contributed by atoms with Gasteiger partial charge in [-0.3, -0.25) is 0 Å². The first-order valence-corrected chi connectivity index (χ1v) is 6.53. The summed E-state index contributed by atoms with van der Waals surface area (Å²) in [6.45, 7) is 12.6. The molecule has 1 heteroatoms. The van der Waals surface area contributed by atoms with Crippen molar-refractivity contribution in [2.24, 2.45) is 11.3 Å². The highest BCUT2D eigenvalue weighted by atomic mass is 16.5. The van der Waals surface area contributed by atoms with Crippen LogP contribution in [0.5, 0.6) is 0 Å². The maximum Gasteiger partial charge on any atom is 0.0706 e. The lowest BCUT2D eigenvalue weighted by Gasteiger charge is -2.32. The van der Waals surface area contributed by atoms with Gasteiger partial charge in [0.15, 0.2) is 0 Å². The van der Waals surface area contributed by atoms with Crippen molar-refractivity contribution >= 4 is 0 Å². The van der Waals surface area contributed by atoms with Crippen LogP contribution in [0.25, 0.3) is 0 Å². The molecule has 1 saturated heterocycles. The lowest BCUT2D eigenvalue weighted by molar-refractivity contribution is -0.0309. The minimum absolute atomic E-state index is 0.214. The van der Waals surface area contributed by atoms with Crippen molar-refractivity contribution in [1.29, 1.82) is 0 Å². The Morgan fingerprint density at radius 2 is 2.00 bits per heavy atom. The largest absolute Gasteiger partial charge is 0.375 e. The van der Waals surface area contributed by atoms with E-state index in [4.69, 9.17) is 4.74 Å². The fourth-order valence-electron chi connectivity index (χ4n) is 2.71. The second kappa shape index (κ2) is 4.86. The van der Waals surface area contributed by atoms with Gasteiger partial charge in [-0.15, -0.1) is 0 Å². The van der Waals surface area contributed by atoms with E-state index in [1.165, 1.54) is 32.1 Å². The zero-order chi connectivity index (χ0) is 11.5. The van der Waals surface area contributed by atoms with Crippen molar-refractivity contribution < 1.29 is 4.74 Å². The van der Waals surface area contributed by atoms with E-state index in [9.17, 15) is 0 Å². The molecule has 0 amide bonds. The van der Waals surface area contributed by atoms with Crippen LogP contribution in [0.1, 0.15) is 66.7 Å². The molecule has 0 aromatic rings. The lowest BCUT2D eigenvalue weighted by atomic mass is 9.80. The maximum absolute atomic E-state index is 6.02. The third-order valence-electron chi connectivity index (χ3n) is 3.96. The van der Waals surface area contributed by atoms with E-state index in [1.807, 2.05) is 0 Å². The zero-order valence-electron chi connectivity index (χ0n) is 11.2. The summed E-state index contributed by atoms with van der Waals surface area (Å²) in [5.74, 6) is 0.752. The van der Waals surface area contributed by atoms with Crippen molar-refractivity contribution in [2.75, 3.05) is 6.61 Å². The number of hydrogen-bond donors (Lipinski definition) is 0. The molecular weight excluding hydrogens is 184 g/mol. The van der Waals surface area contributed by atoms with Crippen molar-refractivity contribution in [1.82, 2.24) is 0 Å². The maximum atomic E-state index is 6.02. The molecule has 0 aromatic heterocycles. The molecule has 0 spiro atoms. The van der Waals surface area contributed by atoms with Gasteiger partial charge in [-0.2, -0.15) is 0 Å². The first kappa shape index (κ1) is 13.0. The summed E-state index contributed by atoms with van der Waals surface area (Å²) in [5, 5.41) is 0. The molecule has 0 saturated carbocycles. The van der Waals surface area contributed by atoms with E-state index in [2.05, 4.69) is 34.6 Å². The molecular formula is C14H28O. The Hall–Kier alpha value is -0.0400. The van der Waals surface area contributed by atoms with Crippen molar-refractivity contribution in [3.63, 3.8) is 0 Å². The standard InChI is InChI=1S/C14H28O/c1-6-14(12(2)8-11-15-14)10-7-9-13(3,4)5/h12H,6-11H2,1-5H3. The fraction of sp³-hybridized carbons (Fsp3) is 1.00. The van der Waals surface area contributed by atoms with Crippen LogP contribution in [-0.4, -0.2) is 12.2 Å². The summed E-state index contributed by atoms with van der Waals surface area (Å²) in [4.78, 5) is 0. The van der Waals surface area contributed by atoms with Crippen LogP contribution < -0.4 is 0 Å². The Bertz CT molecular complexity index is 192. The van der Waals surface area contributed by atoms with Gasteiger partial charge in [-0.25, -0.2) is 0 Å². The van der Waals surface area contributed by atoms with Crippen molar-refractivity contribution in [2.45, 2.75) is 72.3 Å². The van der Waals surface area contributed by atoms with Gasteiger partial charge in [0.05, 0.1) is 5.60 Å². The molecule has 1 aliphatic rings. The van der Waals surface area contributed by atoms with Gasteiger partial charge in [-0.05, 0) is 37.0 Å². The van der Waals surface area contributed by atoms with Crippen molar-refractivity contribution in [3.8, 4) is 0 Å². The van der Waals surface area contributed by atoms with Gasteiger partial charge < -0.3 is 4.74 Å². The van der Waals surface area contributed by atoms with Crippen LogP contribution >= 0.6 is 0 Å². The van der Waals surface area contributed by atoms with E-state index in [0.717, 1.165) is 12.5 Å². The van der Waals surface area contributed by atoms with Crippen LogP contribution in [-0.2, 0) is 4.74 Å². The summed E-state index contributed by atoms with van der Waals surface area (Å²) in [6, 6.07) is 0. The molecule has 2 atom stereocenters. The molecule has 1 nitrogen and oxygen atoms in total. The molecule has 0 N–H and O–H groups in total. The molecule has 1 heterocycles. The fourth-order valence-corrected chi connectivity index (χ4v) is 2.71. The molecule has 1 aliphatic heterocycles. The van der Waals surface area contributed by atoms with Crippen molar-refractivity contribution in [3.05, 3.63) is 0 Å². The Labute approximate surface area is 95.6 Å². The smallest absolute Gasteiger partial charge is 0.0706 e. The van der Waals surface area contributed by atoms with Crippen LogP contribution in [0.2, 0.25) is 0 Å². The van der Waals surface area contributed by atoms with Crippen LogP contribution in [0, 0.1) is 11.3 Å². The van der Waals surface area contributed by atoms with E-state index in [0.29, 0.717) is 5.41 Å². The summed E-state index contributed by atoms with van der Waals surface area (Å²) < 4.78 is 6.02. The molecule has 0 aromatic carbocycles. The molecule has 1 rings (SSSR count). The molecule has 1 fully saturated rings. The third-order valence-corrected chi connectivity index (χ3v) is 3.96. The average molecular weight is 212 g/mol. The first-order valence-electron chi connectivity index (χ1n) is 6.53. The molecule has 0 aliphatic carbocycles. The van der Waals surface area contributed by atoms with Gasteiger partial charge in [0.2, 0.25) is 0 Å². The van der Waals surface area contributed by atoms with E-state index < -0.39 is 0 Å². The number of ether oxygens (including phenoxy) is 1. The van der Waals surface area contributed by atoms with E-state index in [1.54, 1.807) is 0 Å². The molecule has 90 valence electrons. The molecule has 15 heavy (non-hydrogen) atoms. The highest BCUT2D eigenvalue weighted by Gasteiger charge is 2.39. The van der Waals surface area contributed by atoms with Gasteiger partial charge in [0.1, 0.15) is 0 Å². The second-order valence-corrected chi connectivity index (χ2v) is 6.37. The quantitative estimate of drug-likeness (QED) is 0.671. The normalized spacial score (nSPS) is 32.2. The predicted molar refractivity (Wildman–Crippen MR) is 66.1 cm³/mol. The summed E-state index contributed by atoms with van der Waals surface area (Å²) in [6.07, 6.45) is 6.30. The SMILES string of the molecule is CCC1(CCCC(C)(C)C)OCCC1C. The Kier molecular flexibility index (Phi) is 4.22. The van der Waals surface area contributed by atoms with Crippen LogP contribution in [0.3, 0.4) is 0 Å². The number of hydrogen-bond acceptors (Lipinski definition) is 1. The average Bonchev–Trinajstić information content (AvgIpc) is 2.46. The van der Waals surface area contributed by atoms with E-state index >= 15 is 0 Å². The highest BCUT2D eigenvalue weighted by Crippen LogP contribution is 2.39. The van der Waals surface area contributed by atoms with Gasteiger partial charge in [-0.1, -0.05) is 41.0 Å². The first-order chi connectivity index (χ1) is 6.90. The molecule has 2 unspecified atom stereocenters. The van der Waals surface area contributed by atoms with Crippen LogP contribution in [0.15, 0.2) is 0 Å². The van der Waals surface area contributed by atoms with Gasteiger partial charge >= 0.3 is 0 Å². The summed E-state index contributed by atoms with van der Waals surface area (Å²) in [5.41, 5.74) is 0.683. The third kappa shape index (κ3) is 3.48. The van der Waals surface area contributed by atoms with Crippen LogP contribution in [0.4, 0.5) is 0 Å². The molecule has 0 radical (unpaired) electrons. The van der Waals surface area contributed by atoms with Gasteiger partial charge in [0, 0.05) is 6.61 Å². The Morgan fingerprint density at radius 3 is 2.40 bits per heavy atom. The predicted octanol–water partition coefficient (Wildman–Crippen LogP) is 4.41. The minimum Gasteiger partial charge on any atom is -0.375 e. The van der Waals surface area contributed by atoms with Gasteiger partial charge in [0.25, 0.3) is 0 Å². The highest BCUT2D eigenvalue weighted by molar-refractivity contribution is 4.89. The number of rotatable bonds is 4. The lowest BCUT2D eigenvalue weighted by Crippen LogP contribution is -2.33. The Balaban J connectivity index is 2.41. The monoisotopic (exact) mass is 212 g/mol. The topological polar surface area (TPSA) is 9.23 Å². The van der Waals surface area contributed by atoms with E-state index in [-0.39, 0.29) is 5.60 Å². The second-order valence-electron chi connectivity index (χ2n) is 6.37.